The van der Waals surface area contributed by atoms with Crippen molar-refractivity contribution in [2.45, 2.75) is 65.6 Å². The largest absolute Gasteiger partial charge is 0.493 e. The molecule has 0 saturated carbocycles. The fraction of sp³-hybridized carbons (Fsp3) is 0.351. The molecule has 0 bridgehead atoms. The molecule has 0 unspecified atom stereocenters. The Morgan fingerprint density at radius 1 is 0.977 bits per heavy atom. The molecular formula is C37H38N4O3. The minimum absolute atomic E-state index is 0.0329. The number of ketones is 1. The summed E-state index contributed by atoms with van der Waals surface area (Å²) in [5.74, 6) is 1.61. The Labute approximate surface area is 258 Å². The zero-order valence-electron chi connectivity index (χ0n) is 26.1. The summed E-state index contributed by atoms with van der Waals surface area (Å²) in [6, 6.07) is 14.8. The number of rotatable bonds is 6. The summed E-state index contributed by atoms with van der Waals surface area (Å²) in [5, 5.41) is 3.14. The summed E-state index contributed by atoms with van der Waals surface area (Å²) in [7, 11) is 0. The molecule has 0 amide bonds. The number of fused-ring (bicyclic) bond motifs is 1. The molecule has 4 heterocycles. The van der Waals surface area contributed by atoms with Crippen LogP contribution in [0.1, 0.15) is 63.3 Å². The van der Waals surface area contributed by atoms with Gasteiger partial charge in [-0.1, -0.05) is 18.2 Å². The summed E-state index contributed by atoms with van der Waals surface area (Å²) < 4.78 is 12.6. The van der Waals surface area contributed by atoms with Gasteiger partial charge >= 0.3 is 0 Å². The fourth-order valence-corrected chi connectivity index (χ4v) is 6.72. The Bertz CT molecular complexity index is 1890. The normalized spacial score (nSPS) is 15.5. The molecule has 7 rings (SSSR count). The Balaban J connectivity index is 1.45. The van der Waals surface area contributed by atoms with E-state index in [0.717, 1.165) is 86.3 Å². The summed E-state index contributed by atoms with van der Waals surface area (Å²) in [6.45, 7) is 12.3. The summed E-state index contributed by atoms with van der Waals surface area (Å²) in [5.41, 5.74) is 7.40. The Morgan fingerprint density at radius 3 is 2.48 bits per heavy atom. The Morgan fingerprint density at radius 2 is 1.75 bits per heavy atom. The maximum absolute atomic E-state index is 13.3. The van der Waals surface area contributed by atoms with Gasteiger partial charge in [0, 0.05) is 54.6 Å². The number of aromatic nitrogens is 3. The number of aryl methyl sites for hydroxylation is 1. The molecule has 1 fully saturated rings. The number of nitrogens with zero attached hydrogens (tertiary/aromatic N) is 4. The highest BCUT2D eigenvalue weighted by Crippen LogP contribution is 2.45. The first-order chi connectivity index (χ1) is 21.2. The van der Waals surface area contributed by atoms with Crippen LogP contribution in [0.2, 0.25) is 0 Å². The van der Waals surface area contributed by atoms with E-state index in [-0.39, 0.29) is 5.78 Å². The second-order valence-corrected chi connectivity index (χ2v) is 13.0. The van der Waals surface area contributed by atoms with Crippen LogP contribution in [0.15, 0.2) is 61.1 Å². The highest BCUT2D eigenvalue weighted by atomic mass is 16.5. The number of Topliss-reactive ketones (excluding diaryl/α,β-unsaturated/α-hetero) is 1. The molecule has 0 radical (unpaired) electrons. The van der Waals surface area contributed by atoms with E-state index >= 15 is 0 Å². The lowest BCUT2D eigenvalue weighted by Crippen LogP contribution is -2.27. The van der Waals surface area contributed by atoms with Gasteiger partial charge in [-0.15, -0.1) is 0 Å². The number of carbonyl (C=O) groups excluding carboxylic acids is 1. The first-order valence-corrected chi connectivity index (χ1v) is 15.5. The van der Waals surface area contributed by atoms with Crippen LogP contribution in [0.5, 0.6) is 5.75 Å². The van der Waals surface area contributed by atoms with Gasteiger partial charge < -0.3 is 14.4 Å². The molecule has 2 aliphatic heterocycles. The highest BCUT2D eigenvalue weighted by Gasteiger charge is 2.31. The molecule has 2 aliphatic rings. The summed E-state index contributed by atoms with van der Waals surface area (Å²) >= 11 is 0. The van der Waals surface area contributed by atoms with Crippen LogP contribution in [0.25, 0.3) is 43.9 Å². The number of pyridine rings is 1. The van der Waals surface area contributed by atoms with Crippen molar-refractivity contribution in [2.24, 2.45) is 0 Å². The molecule has 1 saturated heterocycles. The van der Waals surface area contributed by atoms with Crippen molar-refractivity contribution >= 4 is 33.4 Å². The molecule has 7 heteroatoms. The lowest BCUT2D eigenvalue weighted by atomic mass is 9.84. The number of hydrogen-bond donors (Lipinski definition) is 0. The molecule has 224 valence electrons. The van der Waals surface area contributed by atoms with Gasteiger partial charge in [0.1, 0.15) is 11.9 Å². The van der Waals surface area contributed by atoms with E-state index in [9.17, 15) is 4.79 Å². The van der Waals surface area contributed by atoms with Crippen LogP contribution in [-0.4, -0.2) is 46.0 Å². The molecule has 0 spiro atoms. The van der Waals surface area contributed by atoms with Crippen molar-refractivity contribution in [3.05, 3.63) is 77.7 Å². The number of carbonyl (C=O) groups is 1. The van der Waals surface area contributed by atoms with Gasteiger partial charge in [-0.2, -0.15) is 0 Å². The number of anilines is 1. The van der Waals surface area contributed by atoms with Gasteiger partial charge in [-0.25, -0.2) is 9.97 Å². The van der Waals surface area contributed by atoms with Gasteiger partial charge in [-0.05, 0) is 110 Å². The quantitative estimate of drug-likeness (QED) is 0.201. The minimum Gasteiger partial charge on any atom is -0.493 e. The third-order valence-corrected chi connectivity index (χ3v) is 8.69. The number of ether oxygens (including phenoxy) is 2. The third kappa shape index (κ3) is 5.09. The zero-order valence-corrected chi connectivity index (χ0v) is 26.1. The van der Waals surface area contributed by atoms with Crippen molar-refractivity contribution in [1.82, 2.24) is 15.0 Å². The van der Waals surface area contributed by atoms with Gasteiger partial charge in [0.25, 0.3) is 0 Å². The highest BCUT2D eigenvalue weighted by molar-refractivity contribution is 6.09. The van der Waals surface area contributed by atoms with Gasteiger partial charge in [0.15, 0.2) is 5.78 Å². The first-order valence-electron chi connectivity index (χ1n) is 15.5. The number of hydrogen-bond acceptors (Lipinski definition) is 7. The fourth-order valence-electron chi connectivity index (χ4n) is 6.72. The third-order valence-electron chi connectivity index (χ3n) is 8.69. The Kier molecular flexibility index (Phi) is 7.08. The van der Waals surface area contributed by atoms with Crippen molar-refractivity contribution in [2.75, 3.05) is 24.6 Å². The van der Waals surface area contributed by atoms with Crippen molar-refractivity contribution in [3.8, 4) is 28.0 Å². The lowest BCUT2D eigenvalue weighted by molar-refractivity contribution is -0.138. The van der Waals surface area contributed by atoms with Gasteiger partial charge in [-0.3, -0.25) is 9.78 Å². The predicted molar refractivity (Wildman–Crippen MR) is 175 cm³/mol. The lowest BCUT2D eigenvalue weighted by Gasteiger charge is -2.30. The smallest absolute Gasteiger partial charge is 0.225 e. The molecule has 3 aromatic carbocycles. The van der Waals surface area contributed by atoms with Crippen molar-refractivity contribution in [3.63, 3.8) is 0 Å². The molecular weight excluding hydrogens is 548 g/mol. The maximum atomic E-state index is 13.3. The van der Waals surface area contributed by atoms with Crippen molar-refractivity contribution < 1.29 is 14.3 Å². The van der Waals surface area contributed by atoms with Crippen LogP contribution < -0.4 is 9.64 Å². The van der Waals surface area contributed by atoms with E-state index in [1.54, 1.807) is 6.92 Å². The second kappa shape index (κ2) is 11.0. The molecule has 44 heavy (non-hydrogen) atoms. The van der Waals surface area contributed by atoms with E-state index in [2.05, 4.69) is 48.2 Å². The second-order valence-electron chi connectivity index (χ2n) is 13.0. The molecule has 5 aromatic rings. The minimum atomic E-state index is -0.734. The first kappa shape index (κ1) is 28.4. The predicted octanol–water partition coefficient (Wildman–Crippen LogP) is 7.80. The monoisotopic (exact) mass is 586 g/mol. The SMILES string of the molecule is CC(=O)[C@@H](OC(C)(C)C)c1c(C)cc2cc(-c3cnc(N4CCCC4)nc3)ccc2c1-c1ccc2c3c(ccnc13)CCO2. The van der Waals surface area contributed by atoms with Crippen molar-refractivity contribution in [1.29, 1.82) is 0 Å². The average molecular weight is 587 g/mol. The van der Waals surface area contributed by atoms with Crippen LogP contribution in [0.3, 0.4) is 0 Å². The Hall–Kier alpha value is -4.36. The van der Waals surface area contributed by atoms with E-state index in [1.807, 2.05) is 45.4 Å². The summed E-state index contributed by atoms with van der Waals surface area (Å²) in [4.78, 5) is 29.8. The number of benzene rings is 3. The summed E-state index contributed by atoms with van der Waals surface area (Å²) in [6.07, 6.45) is 8.20. The molecule has 2 aromatic heterocycles. The van der Waals surface area contributed by atoms with E-state index in [4.69, 9.17) is 24.4 Å². The maximum Gasteiger partial charge on any atom is 0.225 e. The average Bonchev–Trinajstić information content (AvgIpc) is 3.55. The van der Waals surface area contributed by atoms with Gasteiger partial charge in [0.2, 0.25) is 5.95 Å². The molecule has 0 N–H and O–H groups in total. The standard InChI is InChI=1S/C37H38N4O3/c1-22-18-26-19-25(27-20-39-36(40-21-27)41-15-6-7-16-41)8-9-28(26)33(31(22)35(23(2)42)44-37(3,4)5)29-10-11-30-32-24(13-17-43-30)12-14-38-34(29)32/h8-12,14,18-21,35H,6-7,13,15-17H2,1-5H3/t35-/m1/s1. The molecule has 7 nitrogen and oxygen atoms in total. The molecule has 1 atom stereocenters. The van der Waals surface area contributed by atoms with Crippen LogP contribution in [0, 0.1) is 6.92 Å². The van der Waals surface area contributed by atoms with E-state index in [1.165, 1.54) is 18.4 Å². The van der Waals surface area contributed by atoms with Crippen LogP contribution >= 0.6 is 0 Å². The topological polar surface area (TPSA) is 77.4 Å². The van der Waals surface area contributed by atoms with Crippen LogP contribution in [-0.2, 0) is 16.0 Å². The van der Waals surface area contributed by atoms with Gasteiger partial charge in [0.05, 0.1) is 17.7 Å². The molecule has 0 aliphatic carbocycles. The van der Waals surface area contributed by atoms with E-state index in [0.29, 0.717) is 6.61 Å². The zero-order chi connectivity index (χ0) is 30.6. The van der Waals surface area contributed by atoms with E-state index < -0.39 is 11.7 Å². The van der Waals surface area contributed by atoms with Crippen LogP contribution in [0.4, 0.5) is 5.95 Å².